The highest BCUT2D eigenvalue weighted by Crippen LogP contribution is 2.45. The third-order valence-electron chi connectivity index (χ3n) is 9.93. The predicted molar refractivity (Wildman–Crippen MR) is 144 cm³/mol. The Morgan fingerprint density at radius 2 is 2.00 bits per heavy atom. The second kappa shape index (κ2) is 10.2. The van der Waals surface area contributed by atoms with E-state index in [0.29, 0.717) is 24.3 Å². The molecule has 0 unspecified atom stereocenters. The summed E-state index contributed by atoms with van der Waals surface area (Å²) in [6, 6.07) is 1.87. The SMILES string of the molecule is CC(C)N1C[C@@H]2CCC[C@@H]2[C@H]1C(=O)N(C)[C@@H](CC1CC1)C(=O)N1C[C@@]2(C[C@H]1C#N)Oc1cc(F)cc(F)c1NC2=O. The minimum atomic E-state index is -1.67. The lowest BCUT2D eigenvalue weighted by Gasteiger charge is -2.38. The van der Waals surface area contributed by atoms with E-state index in [1.165, 1.54) is 4.90 Å². The quantitative estimate of drug-likeness (QED) is 0.564. The average molecular weight is 570 g/mol. The Kier molecular flexibility index (Phi) is 6.96. The molecule has 2 saturated carbocycles. The molecule has 1 spiro atoms. The summed E-state index contributed by atoms with van der Waals surface area (Å²) >= 11 is 0. The first kappa shape index (κ1) is 27.9. The third-order valence-corrected chi connectivity index (χ3v) is 9.93. The zero-order valence-electron chi connectivity index (χ0n) is 23.7. The molecule has 4 fully saturated rings. The molecule has 0 bridgehead atoms. The van der Waals surface area contributed by atoms with Gasteiger partial charge in [0.2, 0.25) is 17.4 Å². The number of rotatable bonds is 6. The van der Waals surface area contributed by atoms with E-state index in [0.717, 1.165) is 44.7 Å². The molecule has 1 aromatic carbocycles. The summed E-state index contributed by atoms with van der Waals surface area (Å²) in [7, 11) is 1.69. The van der Waals surface area contributed by atoms with Gasteiger partial charge in [-0.3, -0.25) is 19.3 Å². The van der Waals surface area contributed by atoms with E-state index >= 15 is 0 Å². The molecule has 3 heterocycles. The highest BCUT2D eigenvalue weighted by atomic mass is 19.1. The fraction of sp³-hybridized carbons (Fsp3) is 0.667. The van der Waals surface area contributed by atoms with Crippen molar-refractivity contribution in [3.8, 4) is 11.8 Å². The molecule has 6 atom stereocenters. The Morgan fingerprint density at radius 3 is 2.68 bits per heavy atom. The molecular weight excluding hydrogens is 532 g/mol. The van der Waals surface area contributed by atoms with Gasteiger partial charge in [0.1, 0.15) is 23.6 Å². The van der Waals surface area contributed by atoms with E-state index in [1.807, 2.05) is 0 Å². The van der Waals surface area contributed by atoms with Crippen LogP contribution in [0.5, 0.6) is 5.75 Å². The molecule has 6 rings (SSSR count). The van der Waals surface area contributed by atoms with Crippen molar-refractivity contribution >= 4 is 23.4 Å². The Balaban J connectivity index is 1.27. The number of nitriles is 1. The molecule has 5 aliphatic rings. The van der Waals surface area contributed by atoms with Crippen molar-refractivity contribution in [3.63, 3.8) is 0 Å². The van der Waals surface area contributed by atoms with Gasteiger partial charge >= 0.3 is 0 Å². The van der Waals surface area contributed by atoms with Crippen LogP contribution in [0, 0.1) is 40.7 Å². The van der Waals surface area contributed by atoms with Crippen LogP contribution in [-0.2, 0) is 14.4 Å². The molecule has 0 radical (unpaired) electrons. The number of hydrogen-bond acceptors (Lipinski definition) is 6. The standard InChI is InChI=1S/C30H37F2N5O4/c1-16(2)36-14-18-5-4-6-21(18)26(36)28(39)35(3)23(9-17-7-8-17)27(38)37-15-30(12-20(37)13-33)29(40)34-25-22(32)10-19(31)11-24(25)41-30/h10-11,16-18,20-21,23,26H,4-9,12,14-15H2,1-3H3,(H,34,40)/t18-,20-,21-,23-,26-,30+/m0/s1. The molecule has 2 saturated heterocycles. The average Bonchev–Trinajstić information content (AvgIpc) is 3.33. The normalized spacial score (nSPS) is 31.4. The van der Waals surface area contributed by atoms with Gasteiger partial charge in [-0.15, -0.1) is 0 Å². The first-order valence-corrected chi connectivity index (χ1v) is 14.7. The van der Waals surface area contributed by atoms with Gasteiger partial charge < -0.3 is 19.9 Å². The number of anilines is 1. The molecule has 11 heteroatoms. The Morgan fingerprint density at radius 1 is 1.24 bits per heavy atom. The van der Waals surface area contributed by atoms with E-state index in [1.54, 1.807) is 11.9 Å². The van der Waals surface area contributed by atoms with Crippen LogP contribution in [0.15, 0.2) is 12.1 Å². The van der Waals surface area contributed by atoms with Crippen LogP contribution in [0.1, 0.15) is 58.8 Å². The molecule has 0 aromatic heterocycles. The van der Waals surface area contributed by atoms with E-state index in [4.69, 9.17) is 4.74 Å². The van der Waals surface area contributed by atoms with Crippen LogP contribution >= 0.6 is 0 Å². The summed E-state index contributed by atoms with van der Waals surface area (Å²) in [5.74, 6) is -2.12. The van der Waals surface area contributed by atoms with E-state index < -0.39 is 41.1 Å². The molecule has 2 aliphatic carbocycles. The number of amides is 3. The number of halogens is 2. The molecule has 1 aromatic rings. The first-order chi connectivity index (χ1) is 19.5. The van der Waals surface area contributed by atoms with E-state index in [2.05, 4.69) is 30.1 Å². The fourth-order valence-corrected chi connectivity index (χ4v) is 7.54. The largest absolute Gasteiger partial charge is 0.473 e. The van der Waals surface area contributed by atoms with Crippen LogP contribution in [0.2, 0.25) is 0 Å². The Bertz CT molecular complexity index is 1310. The number of fused-ring (bicyclic) bond motifs is 2. The number of likely N-dealkylation sites (N-methyl/N-ethyl adjacent to an activating group) is 1. The Hall–Kier alpha value is -3.26. The van der Waals surface area contributed by atoms with Crippen LogP contribution in [0.4, 0.5) is 14.5 Å². The lowest BCUT2D eigenvalue weighted by molar-refractivity contribution is -0.149. The van der Waals surface area contributed by atoms with Crippen molar-refractivity contribution in [1.29, 1.82) is 5.26 Å². The number of nitrogens with zero attached hydrogens (tertiary/aromatic N) is 4. The number of carbonyl (C=O) groups is 3. The van der Waals surface area contributed by atoms with Crippen molar-refractivity contribution in [2.45, 2.75) is 88.6 Å². The third kappa shape index (κ3) is 4.74. The van der Waals surface area contributed by atoms with Gasteiger partial charge in [-0.05, 0) is 50.9 Å². The molecule has 1 N–H and O–H groups in total. The molecule has 41 heavy (non-hydrogen) atoms. The van der Waals surface area contributed by atoms with Crippen LogP contribution < -0.4 is 10.1 Å². The number of hydrogen-bond donors (Lipinski definition) is 1. The van der Waals surface area contributed by atoms with Gasteiger partial charge in [0.25, 0.3) is 5.91 Å². The summed E-state index contributed by atoms with van der Waals surface area (Å²) in [6.07, 6.45) is 5.51. The second-order valence-corrected chi connectivity index (χ2v) is 12.9. The fourth-order valence-electron chi connectivity index (χ4n) is 7.54. The van der Waals surface area contributed by atoms with Crippen molar-refractivity contribution in [3.05, 3.63) is 23.8 Å². The summed E-state index contributed by atoms with van der Waals surface area (Å²) < 4.78 is 34.2. The predicted octanol–water partition coefficient (Wildman–Crippen LogP) is 3.29. The minimum absolute atomic E-state index is 0.0685. The minimum Gasteiger partial charge on any atom is -0.473 e. The number of likely N-dealkylation sites (tertiary alicyclic amines) is 2. The van der Waals surface area contributed by atoms with Crippen LogP contribution in [-0.4, -0.2) is 82.3 Å². The van der Waals surface area contributed by atoms with E-state index in [9.17, 15) is 28.4 Å². The molecular formula is C30H37F2N5O4. The summed E-state index contributed by atoms with van der Waals surface area (Å²) in [6.45, 7) is 4.82. The molecule has 3 aliphatic heterocycles. The zero-order chi connectivity index (χ0) is 29.2. The monoisotopic (exact) mass is 569 g/mol. The lowest BCUT2D eigenvalue weighted by atomic mass is 9.92. The van der Waals surface area contributed by atoms with Gasteiger partial charge in [0.05, 0.1) is 18.7 Å². The van der Waals surface area contributed by atoms with Crippen molar-refractivity contribution < 1.29 is 27.9 Å². The van der Waals surface area contributed by atoms with Crippen molar-refractivity contribution in [2.24, 2.45) is 17.8 Å². The highest BCUT2D eigenvalue weighted by Gasteiger charge is 2.57. The highest BCUT2D eigenvalue weighted by molar-refractivity contribution is 6.02. The summed E-state index contributed by atoms with van der Waals surface area (Å²) in [5, 5.41) is 12.5. The van der Waals surface area contributed by atoms with Gasteiger partial charge in [-0.1, -0.05) is 19.3 Å². The Labute approximate surface area is 238 Å². The van der Waals surface area contributed by atoms with Gasteiger partial charge in [-0.2, -0.15) is 5.26 Å². The second-order valence-electron chi connectivity index (χ2n) is 12.9. The molecule has 9 nitrogen and oxygen atoms in total. The van der Waals surface area contributed by atoms with Crippen LogP contribution in [0.3, 0.4) is 0 Å². The maximum atomic E-state index is 14.3. The zero-order valence-corrected chi connectivity index (χ0v) is 23.7. The number of benzene rings is 1. The summed E-state index contributed by atoms with van der Waals surface area (Å²) in [4.78, 5) is 46.8. The number of nitrogens with one attached hydrogen (secondary N) is 1. The number of ether oxygens (including phenoxy) is 1. The summed E-state index contributed by atoms with van der Waals surface area (Å²) in [5.41, 5.74) is -1.94. The lowest BCUT2D eigenvalue weighted by Crippen LogP contribution is -2.57. The first-order valence-electron chi connectivity index (χ1n) is 14.7. The van der Waals surface area contributed by atoms with Gasteiger partial charge in [-0.25, -0.2) is 8.78 Å². The van der Waals surface area contributed by atoms with Gasteiger partial charge in [0.15, 0.2) is 11.6 Å². The maximum absolute atomic E-state index is 14.3. The number of carbonyl (C=O) groups excluding carboxylic acids is 3. The molecule has 220 valence electrons. The van der Waals surface area contributed by atoms with E-state index in [-0.39, 0.29) is 48.3 Å². The maximum Gasteiger partial charge on any atom is 0.270 e. The molecule has 3 amide bonds. The topological polar surface area (TPSA) is 106 Å². The van der Waals surface area contributed by atoms with Crippen molar-refractivity contribution in [2.75, 3.05) is 25.5 Å². The van der Waals surface area contributed by atoms with Crippen molar-refractivity contribution in [1.82, 2.24) is 14.7 Å². The van der Waals surface area contributed by atoms with Gasteiger partial charge in [0, 0.05) is 38.2 Å². The smallest absolute Gasteiger partial charge is 0.270 e. The van der Waals surface area contributed by atoms with Crippen LogP contribution in [0.25, 0.3) is 0 Å².